The number of piperazine rings is 1. The summed E-state index contributed by atoms with van der Waals surface area (Å²) in [5, 5.41) is 4.28. The van der Waals surface area contributed by atoms with E-state index >= 15 is 0 Å². The van der Waals surface area contributed by atoms with Crippen LogP contribution in [-0.4, -0.2) is 70.3 Å². The average Bonchev–Trinajstić information content (AvgIpc) is 2.88. The molecule has 0 atom stereocenters. The van der Waals surface area contributed by atoms with Gasteiger partial charge in [-0.2, -0.15) is 0 Å². The summed E-state index contributed by atoms with van der Waals surface area (Å²) in [6.07, 6.45) is -0.394. The van der Waals surface area contributed by atoms with E-state index in [2.05, 4.69) is 14.9 Å². The van der Waals surface area contributed by atoms with Crippen molar-refractivity contribution in [3.05, 3.63) is 68.5 Å². The lowest BCUT2D eigenvalue weighted by molar-refractivity contribution is 0.172. The van der Waals surface area contributed by atoms with Crippen LogP contribution in [0.5, 0.6) is 5.75 Å². The van der Waals surface area contributed by atoms with E-state index in [0.717, 1.165) is 37.1 Å². The predicted molar refractivity (Wildman–Crippen MR) is 148 cm³/mol. The molecule has 1 aliphatic heterocycles. The van der Waals surface area contributed by atoms with Gasteiger partial charge in [-0.1, -0.05) is 23.7 Å². The number of anilines is 1. The molecule has 204 valence electrons. The molecule has 12 heteroatoms. The smallest absolute Gasteiger partial charge is 0.414 e. The van der Waals surface area contributed by atoms with Crippen molar-refractivity contribution in [2.24, 2.45) is 0 Å². The fourth-order valence-electron chi connectivity index (χ4n) is 4.22. The summed E-state index contributed by atoms with van der Waals surface area (Å²) >= 11 is 6.60. The van der Waals surface area contributed by atoms with Crippen LogP contribution in [0.3, 0.4) is 0 Å². The van der Waals surface area contributed by atoms with Crippen molar-refractivity contribution in [1.29, 1.82) is 0 Å². The van der Waals surface area contributed by atoms with Crippen LogP contribution in [0.4, 0.5) is 10.5 Å². The van der Waals surface area contributed by atoms with Crippen LogP contribution in [-0.2, 0) is 23.0 Å². The number of halogens is 1. The molecule has 1 fully saturated rings. The monoisotopic (exact) mass is 562 g/mol. The van der Waals surface area contributed by atoms with Gasteiger partial charge < -0.3 is 19.4 Å². The van der Waals surface area contributed by atoms with Crippen molar-refractivity contribution in [3.8, 4) is 5.75 Å². The van der Waals surface area contributed by atoms with Gasteiger partial charge in [0.25, 0.3) is 0 Å². The Morgan fingerprint density at radius 1 is 1.18 bits per heavy atom. The van der Waals surface area contributed by atoms with Crippen LogP contribution in [0.1, 0.15) is 23.6 Å². The number of carbonyl (C=O) groups excluding carboxylic acids is 1. The Morgan fingerprint density at radius 3 is 2.61 bits per heavy atom. The maximum atomic E-state index is 13.3. The Kier molecular flexibility index (Phi) is 8.61. The fraction of sp³-hybridized carbons (Fsp3) is 0.385. The minimum absolute atomic E-state index is 0.0947. The Hall–Kier alpha value is -3.12. The number of fused-ring (bicyclic) bond motifs is 1. The van der Waals surface area contributed by atoms with Crippen LogP contribution < -0.4 is 20.4 Å². The van der Waals surface area contributed by atoms with Crippen molar-refractivity contribution in [3.63, 3.8) is 0 Å². The molecule has 0 spiro atoms. The van der Waals surface area contributed by atoms with E-state index in [1.807, 2.05) is 0 Å². The number of ether oxygens (including phenoxy) is 1. The van der Waals surface area contributed by atoms with Gasteiger partial charge in [0.05, 0.1) is 16.5 Å². The molecule has 2 aromatic carbocycles. The second-order valence-corrected chi connectivity index (χ2v) is 11.6. The quantitative estimate of drug-likeness (QED) is 0.401. The van der Waals surface area contributed by atoms with Gasteiger partial charge in [-0.25, -0.2) is 18.0 Å². The lowest BCUT2D eigenvalue weighted by atomic mass is 9.97. The van der Waals surface area contributed by atoms with Crippen LogP contribution in [0.25, 0.3) is 11.0 Å². The van der Waals surface area contributed by atoms with E-state index in [4.69, 9.17) is 20.8 Å². The topological polar surface area (TPSA) is 121 Å². The largest absolute Gasteiger partial charge is 0.422 e. The fourth-order valence-corrected chi connectivity index (χ4v) is 5.16. The highest BCUT2D eigenvalue weighted by Gasteiger charge is 2.22. The first kappa shape index (κ1) is 27.9. The first-order valence-corrected chi connectivity index (χ1v) is 14.3. The van der Waals surface area contributed by atoms with Gasteiger partial charge in [-0.05, 0) is 36.2 Å². The summed E-state index contributed by atoms with van der Waals surface area (Å²) < 4.78 is 37.8. The zero-order valence-corrected chi connectivity index (χ0v) is 23.1. The maximum Gasteiger partial charge on any atom is 0.414 e. The number of nitrogens with one attached hydrogen (secondary N) is 2. The Bertz CT molecular complexity index is 1500. The second-order valence-electron chi connectivity index (χ2n) is 9.25. The van der Waals surface area contributed by atoms with Gasteiger partial charge in [0.1, 0.15) is 11.3 Å². The van der Waals surface area contributed by atoms with E-state index in [-0.39, 0.29) is 28.6 Å². The van der Waals surface area contributed by atoms with Crippen LogP contribution >= 0.6 is 11.6 Å². The summed E-state index contributed by atoms with van der Waals surface area (Å²) in [6, 6.07) is 10.0. The molecule has 1 aromatic heterocycles. The number of nitrogens with zero attached hydrogens (tertiary/aromatic N) is 2. The molecule has 0 unspecified atom stereocenters. The molecule has 4 rings (SSSR count). The lowest BCUT2D eigenvalue weighted by Gasteiger charge is -2.28. The molecule has 0 bridgehead atoms. The molecule has 1 saturated heterocycles. The molecular weight excluding hydrogens is 532 g/mol. The number of hydrogen-bond donors (Lipinski definition) is 2. The predicted octanol–water partition coefficient (Wildman–Crippen LogP) is 3.26. The summed E-state index contributed by atoms with van der Waals surface area (Å²) in [5.74, 6) is 0.168. The zero-order chi connectivity index (χ0) is 27.4. The normalized spacial score (nSPS) is 14.4. The van der Waals surface area contributed by atoms with Crippen molar-refractivity contribution in [2.45, 2.75) is 19.9 Å². The Balaban J connectivity index is 1.78. The Labute approximate surface area is 226 Å². The van der Waals surface area contributed by atoms with E-state index in [0.29, 0.717) is 23.3 Å². The maximum absolute atomic E-state index is 13.3. The third-order valence-electron chi connectivity index (χ3n) is 6.34. The van der Waals surface area contributed by atoms with Crippen molar-refractivity contribution >= 4 is 44.4 Å². The zero-order valence-electron chi connectivity index (χ0n) is 21.5. The second kappa shape index (κ2) is 11.7. The molecule has 3 aromatic rings. The van der Waals surface area contributed by atoms with Gasteiger partial charge in [0, 0.05) is 70.3 Å². The van der Waals surface area contributed by atoms with E-state index in [9.17, 15) is 18.0 Å². The number of benzene rings is 2. The van der Waals surface area contributed by atoms with Crippen molar-refractivity contribution in [1.82, 2.24) is 15.1 Å². The minimum Gasteiger partial charge on any atom is -0.422 e. The van der Waals surface area contributed by atoms with E-state index in [1.165, 1.54) is 17.9 Å². The van der Waals surface area contributed by atoms with Crippen LogP contribution in [0.2, 0.25) is 5.02 Å². The molecular formula is C26H31ClN4O6S. The first-order valence-electron chi connectivity index (χ1n) is 12.3. The molecule has 0 aliphatic carbocycles. The molecule has 1 aliphatic rings. The third-order valence-corrected chi connectivity index (χ3v) is 8.08. The van der Waals surface area contributed by atoms with Gasteiger partial charge in [0.2, 0.25) is 10.0 Å². The molecule has 0 radical (unpaired) electrons. The van der Waals surface area contributed by atoms with Crippen LogP contribution in [0.15, 0.2) is 45.6 Å². The lowest BCUT2D eigenvalue weighted by Crippen LogP contribution is -2.43. The summed E-state index contributed by atoms with van der Waals surface area (Å²) in [5.41, 5.74) is 1.85. The average molecular weight is 563 g/mol. The molecule has 38 heavy (non-hydrogen) atoms. The SMILES string of the molecule is CCS(=O)(=O)Nc1cccc(Cc2c(CN3CCNCC3)c3ccc(OC(=O)N(C)C)cc3oc2=O)c1Cl. The molecule has 10 nitrogen and oxygen atoms in total. The summed E-state index contributed by atoms with van der Waals surface area (Å²) in [7, 11) is -0.377. The number of hydrogen-bond acceptors (Lipinski definition) is 8. The third kappa shape index (κ3) is 6.47. The standard InChI is InChI=1S/C26H31ClN4O6S/c1-4-38(34,35)29-22-7-5-6-17(24(22)27)14-20-21(16-31-12-10-28-11-13-31)19-9-8-18(36-26(33)30(2)3)15-23(19)37-25(20)32/h5-9,15,28-29H,4,10-14,16H2,1-3H3. The van der Waals surface area contributed by atoms with E-state index < -0.39 is 21.7 Å². The van der Waals surface area contributed by atoms with Crippen molar-refractivity contribution in [2.75, 3.05) is 50.7 Å². The number of rotatable bonds is 8. The minimum atomic E-state index is -3.53. The number of amides is 1. The first-order chi connectivity index (χ1) is 18.1. The highest BCUT2D eigenvalue weighted by molar-refractivity contribution is 7.92. The highest BCUT2D eigenvalue weighted by Crippen LogP contribution is 2.31. The van der Waals surface area contributed by atoms with Crippen LogP contribution in [0, 0.1) is 0 Å². The molecule has 2 heterocycles. The summed E-state index contributed by atoms with van der Waals surface area (Å²) in [4.78, 5) is 28.9. The van der Waals surface area contributed by atoms with Crippen molar-refractivity contribution < 1.29 is 22.4 Å². The van der Waals surface area contributed by atoms with Gasteiger partial charge in [-0.3, -0.25) is 9.62 Å². The van der Waals surface area contributed by atoms with Gasteiger partial charge >= 0.3 is 11.7 Å². The number of sulfonamides is 1. The van der Waals surface area contributed by atoms with E-state index in [1.54, 1.807) is 44.4 Å². The molecule has 1 amide bonds. The highest BCUT2D eigenvalue weighted by atomic mass is 35.5. The van der Waals surface area contributed by atoms with Gasteiger partial charge in [-0.15, -0.1) is 0 Å². The van der Waals surface area contributed by atoms with Gasteiger partial charge in [0.15, 0.2) is 0 Å². The summed E-state index contributed by atoms with van der Waals surface area (Å²) in [6.45, 7) is 5.35. The Morgan fingerprint density at radius 2 is 1.92 bits per heavy atom. The molecule has 0 saturated carbocycles. The molecule has 2 N–H and O–H groups in total. The number of carbonyl (C=O) groups is 1.